The Hall–Kier alpha value is -2.28. The first-order chi connectivity index (χ1) is 12.0. The first-order valence-electron chi connectivity index (χ1n) is 8.19. The van der Waals surface area contributed by atoms with E-state index in [0.29, 0.717) is 16.4 Å². The Morgan fingerprint density at radius 3 is 2.44 bits per heavy atom. The molecule has 0 saturated heterocycles. The lowest BCUT2D eigenvalue weighted by atomic mass is 10.2. The number of benzene rings is 1. The van der Waals surface area contributed by atoms with Crippen LogP contribution in [0.1, 0.15) is 53.4 Å². The van der Waals surface area contributed by atoms with Crippen molar-refractivity contribution in [2.75, 3.05) is 12.9 Å². The summed E-state index contributed by atoms with van der Waals surface area (Å²) < 4.78 is 6.74. The van der Waals surface area contributed by atoms with Gasteiger partial charge in [-0.15, -0.1) is 11.8 Å². The first kappa shape index (κ1) is 19.1. The van der Waals surface area contributed by atoms with Crippen LogP contribution < -0.4 is 0 Å². The van der Waals surface area contributed by atoms with Crippen molar-refractivity contribution >= 4 is 23.7 Å². The Bertz CT molecular complexity index is 753. The second kappa shape index (κ2) is 8.71. The van der Waals surface area contributed by atoms with E-state index in [-0.39, 0.29) is 5.56 Å². The lowest BCUT2D eigenvalue weighted by molar-refractivity contribution is 0.0586. The zero-order valence-electron chi connectivity index (χ0n) is 14.6. The van der Waals surface area contributed by atoms with Gasteiger partial charge in [0.15, 0.2) is 5.69 Å². The number of rotatable bonds is 8. The van der Waals surface area contributed by atoms with E-state index in [4.69, 9.17) is 9.84 Å². The summed E-state index contributed by atoms with van der Waals surface area (Å²) in [6.45, 7) is 4.09. The van der Waals surface area contributed by atoms with E-state index >= 15 is 0 Å². The molecule has 0 aliphatic heterocycles. The largest absolute Gasteiger partial charge is 0.478 e. The number of carboxylic acids is 1. The molecule has 134 valence electrons. The zero-order valence-corrected chi connectivity index (χ0v) is 15.4. The van der Waals surface area contributed by atoms with Crippen molar-refractivity contribution in [3.05, 3.63) is 41.3 Å². The van der Waals surface area contributed by atoms with Crippen LogP contribution in [0.5, 0.6) is 0 Å². The molecule has 1 N–H and O–H groups in total. The molecule has 2 rings (SSSR count). The summed E-state index contributed by atoms with van der Waals surface area (Å²) in [7, 11) is 1.35. The standard InChI is InChI=1S/C18H22N2O4S/c1-4-6-7-14-19-16(25-5-2)15(18(23)24-3)20(14)13-10-8-12(9-11-13)17(21)22/h8-11H,4-7H2,1-3H3,(H,21,22). The number of hydrogen-bond donors (Lipinski definition) is 1. The molecule has 2 aromatic rings. The van der Waals surface area contributed by atoms with Crippen LogP contribution in [-0.4, -0.2) is 39.5 Å². The van der Waals surface area contributed by atoms with Gasteiger partial charge in [0.05, 0.1) is 12.7 Å². The highest BCUT2D eigenvalue weighted by Gasteiger charge is 2.24. The van der Waals surface area contributed by atoms with Crippen molar-refractivity contribution in [3.8, 4) is 5.69 Å². The van der Waals surface area contributed by atoms with E-state index in [1.54, 1.807) is 16.7 Å². The summed E-state index contributed by atoms with van der Waals surface area (Å²) in [5.74, 6) is 0.125. The molecule has 0 spiro atoms. The Labute approximate surface area is 151 Å². The van der Waals surface area contributed by atoms with Crippen molar-refractivity contribution in [2.24, 2.45) is 0 Å². The fourth-order valence-electron chi connectivity index (χ4n) is 2.49. The molecule has 1 heterocycles. The molecule has 7 heteroatoms. The van der Waals surface area contributed by atoms with Gasteiger partial charge < -0.3 is 9.84 Å². The summed E-state index contributed by atoms with van der Waals surface area (Å²) >= 11 is 1.49. The lowest BCUT2D eigenvalue weighted by Crippen LogP contribution is -2.12. The third-order valence-electron chi connectivity index (χ3n) is 3.70. The third kappa shape index (κ3) is 4.22. The van der Waals surface area contributed by atoms with E-state index in [1.807, 2.05) is 6.92 Å². The minimum atomic E-state index is -0.987. The van der Waals surface area contributed by atoms with Gasteiger partial charge in [0.1, 0.15) is 10.9 Å². The average molecular weight is 362 g/mol. The van der Waals surface area contributed by atoms with Crippen molar-refractivity contribution in [2.45, 2.75) is 38.1 Å². The number of carbonyl (C=O) groups is 2. The van der Waals surface area contributed by atoms with Gasteiger partial charge in [-0.05, 0) is 36.4 Å². The maximum atomic E-state index is 12.4. The van der Waals surface area contributed by atoms with Gasteiger partial charge in [0, 0.05) is 12.1 Å². The Morgan fingerprint density at radius 1 is 1.24 bits per heavy atom. The number of aromatic carboxylic acids is 1. The number of methoxy groups -OCH3 is 1. The van der Waals surface area contributed by atoms with Crippen molar-refractivity contribution < 1.29 is 19.4 Å². The van der Waals surface area contributed by atoms with Crippen LogP contribution in [-0.2, 0) is 11.2 Å². The van der Waals surface area contributed by atoms with Gasteiger partial charge in [-0.25, -0.2) is 14.6 Å². The minimum absolute atomic E-state index is 0.196. The quantitative estimate of drug-likeness (QED) is 0.568. The van der Waals surface area contributed by atoms with Gasteiger partial charge >= 0.3 is 11.9 Å². The number of nitrogens with zero attached hydrogens (tertiary/aromatic N) is 2. The topological polar surface area (TPSA) is 81.4 Å². The summed E-state index contributed by atoms with van der Waals surface area (Å²) in [6.07, 6.45) is 2.68. The van der Waals surface area contributed by atoms with Crippen molar-refractivity contribution in [3.63, 3.8) is 0 Å². The molecule has 0 unspecified atom stereocenters. The summed E-state index contributed by atoms with van der Waals surface area (Å²) in [5.41, 5.74) is 1.29. The molecule has 0 amide bonds. The first-order valence-corrected chi connectivity index (χ1v) is 9.18. The van der Waals surface area contributed by atoms with Crippen LogP contribution in [0, 0.1) is 0 Å². The second-order valence-corrected chi connectivity index (χ2v) is 6.65. The molecule has 1 aromatic heterocycles. The van der Waals surface area contributed by atoms with E-state index in [9.17, 15) is 9.59 Å². The number of aryl methyl sites for hydroxylation is 1. The number of imidazole rings is 1. The van der Waals surface area contributed by atoms with Crippen LogP contribution in [0.25, 0.3) is 5.69 Å². The van der Waals surface area contributed by atoms with E-state index in [0.717, 1.165) is 30.8 Å². The number of aromatic nitrogens is 2. The van der Waals surface area contributed by atoms with Crippen LogP contribution in [0.3, 0.4) is 0 Å². The average Bonchev–Trinajstić information content (AvgIpc) is 2.97. The highest BCUT2D eigenvalue weighted by molar-refractivity contribution is 7.99. The van der Waals surface area contributed by atoms with Crippen LogP contribution in [0.15, 0.2) is 29.3 Å². The molecule has 6 nitrogen and oxygen atoms in total. The number of hydrogen-bond acceptors (Lipinski definition) is 5. The highest BCUT2D eigenvalue weighted by Crippen LogP contribution is 2.28. The summed E-state index contributed by atoms with van der Waals surface area (Å²) in [5, 5.41) is 9.72. The predicted molar refractivity (Wildman–Crippen MR) is 96.9 cm³/mol. The molecule has 0 aliphatic rings. The summed E-state index contributed by atoms with van der Waals surface area (Å²) in [4.78, 5) is 28.1. The number of carbonyl (C=O) groups excluding carboxylic acids is 1. The minimum Gasteiger partial charge on any atom is -0.478 e. The third-order valence-corrected chi connectivity index (χ3v) is 4.55. The number of unbranched alkanes of at least 4 members (excludes halogenated alkanes) is 1. The Kier molecular flexibility index (Phi) is 6.64. The van der Waals surface area contributed by atoms with Crippen molar-refractivity contribution in [1.29, 1.82) is 0 Å². The fraction of sp³-hybridized carbons (Fsp3) is 0.389. The van der Waals surface area contributed by atoms with Crippen LogP contribution in [0.4, 0.5) is 0 Å². The second-order valence-electron chi connectivity index (χ2n) is 5.40. The number of thioether (sulfide) groups is 1. The lowest BCUT2D eigenvalue weighted by Gasteiger charge is -2.11. The Morgan fingerprint density at radius 2 is 1.92 bits per heavy atom. The van der Waals surface area contributed by atoms with E-state index in [1.165, 1.54) is 31.0 Å². The number of ether oxygens (including phenoxy) is 1. The zero-order chi connectivity index (χ0) is 18.4. The highest BCUT2D eigenvalue weighted by atomic mass is 32.2. The molecule has 0 radical (unpaired) electrons. The van der Waals surface area contributed by atoms with Gasteiger partial charge in [-0.1, -0.05) is 20.3 Å². The molecule has 0 saturated carbocycles. The number of esters is 1. The summed E-state index contributed by atoms with van der Waals surface area (Å²) in [6, 6.07) is 6.42. The van der Waals surface area contributed by atoms with Gasteiger partial charge in [0.2, 0.25) is 0 Å². The molecule has 0 aliphatic carbocycles. The molecular formula is C18H22N2O4S. The molecule has 0 bridgehead atoms. The maximum Gasteiger partial charge on any atom is 0.357 e. The number of carboxylic acid groups (broad SMARTS) is 1. The Balaban J connectivity index is 2.61. The normalized spacial score (nSPS) is 10.7. The van der Waals surface area contributed by atoms with E-state index < -0.39 is 11.9 Å². The monoisotopic (exact) mass is 362 g/mol. The molecule has 0 fully saturated rings. The molecule has 0 atom stereocenters. The predicted octanol–water partition coefficient (Wildman–Crippen LogP) is 3.81. The fourth-order valence-corrected chi connectivity index (χ4v) is 3.25. The van der Waals surface area contributed by atoms with Gasteiger partial charge in [-0.2, -0.15) is 0 Å². The van der Waals surface area contributed by atoms with Crippen LogP contribution in [0.2, 0.25) is 0 Å². The van der Waals surface area contributed by atoms with Crippen LogP contribution >= 0.6 is 11.8 Å². The molecular weight excluding hydrogens is 340 g/mol. The van der Waals surface area contributed by atoms with Gasteiger partial charge in [0.25, 0.3) is 0 Å². The smallest absolute Gasteiger partial charge is 0.357 e. The maximum absolute atomic E-state index is 12.4. The van der Waals surface area contributed by atoms with Gasteiger partial charge in [-0.3, -0.25) is 4.57 Å². The molecule has 25 heavy (non-hydrogen) atoms. The van der Waals surface area contributed by atoms with Crippen molar-refractivity contribution in [1.82, 2.24) is 9.55 Å². The SMILES string of the molecule is CCCCc1nc(SCC)c(C(=O)OC)n1-c1ccc(C(=O)O)cc1. The van der Waals surface area contributed by atoms with E-state index in [2.05, 4.69) is 11.9 Å². The molecule has 1 aromatic carbocycles.